The van der Waals surface area contributed by atoms with Crippen LogP contribution in [-0.2, 0) is 27.6 Å². The van der Waals surface area contributed by atoms with Gasteiger partial charge in [0.25, 0.3) is 0 Å². The lowest BCUT2D eigenvalue weighted by Crippen LogP contribution is -2.12. The number of hydrogen-bond donors (Lipinski definition) is 3. The van der Waals surface area contributed by atoms with E-state index in [0.717, 1.165) is 80.7 Å². The molecular formula is C80H79FO13. The van der Waals surface area contributed by atoms with Crippen molar-refractivity contribution in [1.82, 2.24) is 0 Å². The summed E-state index contributed by atoms with van der Waals surface area (Å²) in [5, 5.41) is 28.7. The van der Waals surface area contributed by atoms with Crippen LogP contribution in [0, 0.1) is 26.6 Å². The van der Waals surface area contributed by atoms with Crippen LogP contribution in [-0.4, -0.2) is 81.1 Å². The molecule has 0 saturated heterocycles. The molecule has 8 aromatic carbocycles. The second-order valence-corrected chi connectivity index (χ2v) is 21.4. The number of carbonyl (C=O) groups is 4. The van der Waals surface area contributed by atoms with Crippen LogP contribution in [0.5, 0.6) is 34.5 Å². The van der Waals surface area contributed by atoms with Gasteiger partial charge in [0.05, 0.1) is 55.9 Å². The standard InChI is InChI=1S/C24H26O4.C23H26O6.C18H15FO.C15H12O2/c1-16-7-17(12-22(8-16)27-2)10-20-5-4-6-21(24(20)26)11-18-9-19(15-25)14-23(13-18)28-3;1-15-10-21(27-3)16(11-20(15)26-2)6-8-19(25)9-7-17-12-23(29-5)18(14-24)13-22(17)28-4;1-14-4-2-5-15(12-14)8-10-18(20)11-9-16-6-3-7-17(19)13-16;16-14(12-7-3-1-4-8-12)11-15(17)13-9-5-2-6-10-13/h7-14,25H,4-6,15H2,1-3H3;6-13,24H,14H2,1-5H3;2-13H,1H3;1-11,16H/b20-10+,21-11+;8-6+,9-7+;10-8+,11-9+;14-11-. The van der Waals surface area contributed by atoms with Crippen molar-refractivity contribution in [2.45, 2.75) is 53.2 Å². The molecule has 0 atom stereocenters. The lowest BCUT2D eigenvalue weighted by molar-refractivity contribution is -0.113. The molecule has 3 N–H and O–H groups in total. The molecule has 0 heterocycles. The molecule has 1 saturated carbocycles. The molecule has 9 rings (SSSR count). The molecule has 14 heteroatoms. The molecule has 1 aliphatic carbocycles. The zero-order chi connectivity index (χ0) is 67.9. The number of ether oxygens (including phenoxy) is 6. The average molecular weight is 1270 g/mol. The molecule has 0 radical (unpaired) electrons. The summed E-state index contributed by atoms with van der Waals surface area (Å²) in [6.45, 7) is 5.70. The van der Waals surface area contributed by atoms with Crippen molar-refractivity contribution < 1.29 is 67.3 Å². The summed E-state index contributed by atoms with van der Waals surface area (Å²) in [7, 11) is 9.46. The number of benzene rings is 8. The number of rotatable bonds is 21. The fraction of sp³-hybridized carbons (Fsp3) is 0.175. The number of aliphatic hydroxyl groups is 3. The number of ketones is 4. The topological polar surface area (TPSA) is 184 Å². The summed E-state index contributed by atoms with van der Waals surface area (Å²) in [6, 6.07) is 50.5. The number of aliphatic hydroxyl groups excluding tert-OH is 3. The van der Waals surface area contributed by atoms with Crippen LogP contribution in [0.3, 0.4) is 0 Å². The van der Waals surface area contributed by atoms with Gasteiger partial charge in [0.15, 0.2) is 23.1 Å². The average Bonchev–Trinajstić information content (AvgIpc) is 0.912. The highest BCUT2D eigenvalue weighted by Gasteiger charge is 2.21. The van der Waals surface area contributed by atoms with E-state index in [1.807, 2.05) is 118 Å². The SMILES string of the molecule is COc1cc(/C=C/C(=O)/C=C/c2cc(OC)c(CO)cc2OC)c(OC)cc1C.COc1cc(C)cc(/C=C2\CCC/C(=C\c3cc(CO)cc(OC)c3)C2=O)c1.Cc1cccc(/C=C/C(=O)/C=C/c2cccc(F)c2)c1.O=C(/C=C(\O)c1ccccc1)c1ccccc1. The Labute approximate surface area is 550 Å². The minimum absolute atomic E-state index is 0.0144. The molecule has 13 nitrogen and oxygen atoms in total. The molecule has 1 fully saturated rings. The van der Waals surface area contributed by atoms with Crippen LogP contribution in [0.25, 0.3) is 42.2 Å². The van der Waals surface area contributed by atoms with Gasteiger partial charge < -0.3 is 43.7 Å². The summed E-state index contributed by atoms with van der Waals surface area (Å²) in [4.78, 5) is 48.8. The summed E-state index contributed by atoms with van der Waals surface area (Å²) in [5.41, 5.74) is 12.3. The van der Waals surface area contributed by atoms with Gasteiger partial charge in [-0.2, -0.15) is 0 Å². The first-order valence-electron chi connectivity index (χ1n) is 30.1. The summed E-state index contributed by atoms with van der Waals surface area (Å²) < 4.78 is 44.9. The quantitative estimate of drug-likeness (QED) is 0.0351. The van der Waals surface area contributed by atoms with Gasteiger partial charge in [-0.05, 0) is 194 Å². The summed E-state index contributed by atoms with van der Waals surface area (Å²) >= 11 is 0. The molecule has 0 aromatic heterocycles. The first-order chi connectivity index (χ1) is 45.4. The Morgan fingerprint density at radius 1 is 0.468 bits per heavy atom. The molecule has 0 bridgehead atoms. The molecular weight excluding hydrogens is 1190 g/mol. The van der Waals surface area contributed by atoms with E-state index in [2.05, 4.69) is 6.07 Å². The third-order valence-electron chi connectivity index (χ3n) is 14.4. The van der Waals surface area contributed by atoms with Gasteiger partial charge in [-0.25, -0.2) is 4.39 Å². The number of allylic oxidation sites excluding steroid dienone is 7. The minimum atomic E-state index is -0.310. The van der Waals surface area contributed by atoms with Crippen LogP contribution in [0.1, 0.15) is 96.4 Å². The van der Waals surface area contributed by atoms with Crippen molar-refractivity contribution in [3.63, 3.8) is 0 Å². The van der Waals surface area contributed by atoms with E-state index in [9.17, 15) is 38.9 Å². The normalized spacial score (nSPS) is 13.0. The monoisotopic (exact) mass is 1270 g/mol. The van der Waals surface area contributed by atoms with Crippen LogP contribution in [0.2, 0.25) is 0 Å². The Bertz CT molecular complexity index is 4030. The maximum Gasteiger partial charge on any atom is 0.189 e. The van der Waals surface area contributed by atoms with E-state index < -0.39 is 0 Å². The van der Waals surface area contributed by atoms with Crippen molar-refractivity contribution in [2.24, 2.45) is 0 Å². The predicted octanol–water partition coefficient (Wildman–Crippen LogP) is 16.4. The Morgan fingerprint density at radius 3 is 1.50 bits per heavy atom. The third kappa shape index (κ3) is 22.8. The predicted molar refractivity (Wildman–Crippen MR) is 373 cm³/mol. The van der Waals surface area contributed by atoms with Gasteiger partial charge in [-0.1, -0.05) is 121 Å². The molecule has 484 valence electrons. The molecule has 0 aliphatic heterocycles. The number of methoxy groups -OCH3 is 6. The van der Waals surface area contributed by atoms with Crippen molar-refractivity contribution in [3.8, 4) is 34.5 Å². The maximum atomic E-state index is 13.0. The molecule has 0 unspecified atom stereocenters. The lowest BCUT2D eigenvalue weighted by Gasteiger charge is -2.17. The second kappa shape index (κ2) is 37.4. The maximum absolute atomic E-state index is 13.0. The van der Waals surface area contributed by atoms with E-state index in [1.165, 1.54) is 56.7 Å². The Morgan fingerprint density at radius 2 is 0.968 bits per heavy atom. The first kappa shape index (κ1) is 72.1. The molecule has 0 spiro atoms. The van der Waals surface area contributed by atoms with Crippen LogP contribution in [0.4, 0.5) is 4.39 Å². The lowest BCUT2D eigenvalue weighted by atomic mass is 9.86. The largest absolute Gasteiger partial charge is 0.507 e. The second-order valence-electron chi connectivity index (χ2n) is 21.4. The Hall–Kier alpha value is -10.9. The Balaban J connectivity index is 0.000000203. The third-order valence-corrected chi connectivity index (χ3v) is 14.4. The van der Waals surface area contributed by atoms with Gasteiger partial charge in [0, 0.05) is 45.0 Å². The summed E-state index contributed by atoms with van der Waals surface area (Å²) in [5.74, 6) is 3.11. The van der Waals surface area contributed by atoms with Crippen molar-refractivity contribution in [1.29, 1.82) is 0 Å². The number of hydrogen-bond acceptors (Lipinski definition) is 13. The Kier molecular flexibility index (Phi) is 28.7. The molecule has 94 heavy (non-hydrogen) atoms. The van der Waals surface area contributed by atoms with Crippen molar-refractivity contribution in [3.05, 3.63) is 290 Å². The van der Waals surface area contributed by atoms with Gasteiger partial charge in [0.2, 0.25) is 0 Å². The van der Waals surface area contributed by atoms with Gasteiger partial charge >= 0.3 is 0 Å². The van der Waals surface area contributed by atoms with Gasteiger partial charge in [0.1, 0.15) is 46.1 Å². The first-order valence-corrected chi connectivity index (χ1v) is 30.1. The number of aryl methyl sites for hydroxylation is 3. The smallest absolute Gasteiger partial charge is 0.189 e. The fourth-order valence-electron chi connectivity index (χ4n) is 9.68. The van der Waals surface area contributed by atoms with E-state index in [1.54, 1.807) is 119 Å². The molecule has 1 aliphatic rings. The molecule has 8 aromatic rings. The zero-order valence-corrected chi connectivity index (χ0v) is 54.4. The molecule has 0 amide bonds. The summed E-state index contributed by atoms with van der Waals surface area (Å²) in [6.07, 6.45) is 20.1. The highest BCUT2D eigenvalue weighted by atomic mass is 19.1. The van der Waals surface area contributed by atoms with Crippen molar-refractivity contribution >= 4 is 65.3 Å². The van der Waals surface area contributed by atoms with Gasteiger partial charge in [-0.3, -0.25) is 19.2 Å². The highest BCUT2D eigenvalue weighted by molar-refractivity contribution is 6.14. The van der Waals surface area contributed by atoms with Crippen LogP contribution < -0.4 is 28.4 Å². The van der Waals surface area contributed by atoms with E-state index >= 15 is 0 Å². The van der Waals surface area contributed by atoms with Gasteiger partial charge in [-0.15, -0.1) is 0 Å². The zero-order valence-electron chi connectivity index (χ0n) is 54.4. The van der Waals surface area contributed by atoms with E-state index in [-0.39, 0.29) is 47.9 Å². The van der Waals surface area contributed by atoms with Crippen LogP contribution in [0.15, 0.2) is 211 Å². The fourth-order valence-corrected chi connectivity index (χ4v) is 9.68. The highest BCUT2D eigenvalue weighted by Crippen LogP contribution is 2.33. The van der Waals surface area contributed by atoms with E-state index in [4.69, 9.17) is 28.4 Å². The number of Topliss-reactive ketones (excluding diaryl/α,β-unsaturated/α-hetero) is 1. The van der Waals surface area contributed by atoms with E-state index in [0.29, 0.717) is 56.6 Å². The number of halogens is 1. The number of carbonyl (C=O) groups excluding carboxylic acids is 4. The van der Waals surface area contributed by atoms with Crippen LogP contribution >= 0.6 is 0 Å². The van der Waals surface area contributed by atoms with Crippen molar-refractivity contribution in [2.75, 3.05) is 42.7 Å². The minimum Gasteiger partial charge on any atom is -0.507 e.